The van der Waals surface area contributed by atoms with Gasteiger partial charge in [0.15, 0.2) is 23.5 Å². The van der Waals surface area contributed by atoms with E-state index in [1.54, 1.807) is 0 Å². The monoisotopic (exact) mass is 579 g/mol. The number of oxime groups is 1. The summed E-state index contributed by atoms with van der Waals surface area (Å²) in [6.45, 7) is 0.555. The van der Waals surface area contributed by atoms with E-state index in [4.69, 9.17) is 11.6 Å². The number of alkyl halides is 1. The number of ether oxygens (including phenoxy) is 2. The van der Waals surface area contributed by atoms with E-state index in [1.807, 2.05) is 0 Å². The number of hydrogen-bond acceptors (Lipinski definition) is 13. The molecule has 0 saturated carbocycles. The van der Waals surface area contributed by atoms with E-state index in [-0.39, 0.29) is 58.6 Å². The molecular weight excluding hydrogens is 561 g/mol. The Morgan fingerprint density at radius 3 is 2.56 bits per heavy atom. The first kappa shape index (κ1) is 31.7. The van der Waals surface area contributed by atoms with E-state index in [0.29, 0.717) is 0 Å². The molecule has 0 aromatic carbocycles. The van der Waals surface area contributed by atoms with Crippen molar-refractivity contribution < 1.29 is 82.2 Å². The number of anilines is 1. The zero-order valence-electron chi connectivity index (χ0n) is 19.9. The third-order valence-electron chi connectivity index (χ3n) is 3.98. The van der Waals surface area contributed by atoms with Crippen LogP contribution in [-0.4, -0.2) is 95.9 Å². The first-order valence-electron chi connectivity index (χ1n) is 9.31. The van der Waals surface area contributed by atoms with Crippen LogP contribution in [0.5, 0.6) is 0 Å². The van der Waals surface area contributed by atoms with Crippen molar-refractivity contribution in [2.45, 2.75) is 19.0 Å². The van der Waals surface area contributed by atoms with Crippen molar-refractivity contribution in [1.29, 1.82) is 0 Å². The number of carbonyl (C=O) groups is 5. The van der Waals surface area contributed by atoms with Gasteiger partial charge in [-0.3, -0.25) is 18.9 Å². The van der Waals surface area contributed by atoms with Crippen LogP contribution in [0.4, 0.5) is 5.13 Å². The average Bonchev–Trinajstić information content (AvgIpc) is 3.24. The maximum absolute atomic E-state index is 12.8. The number of rotatable bonds is 11. The van der Waals surface area contributed by atoms with Crippen molar-refractivity contribution in [3.63, 3.8) is 0 Å². The summed E-state index contributed by atoms with van der Waals surface area (Å²) in [6.07, 6.45) is 0. The minimum Gasteiger partial charge on any atom is -1.00 e. The number of nitrogens with zero attached hydrogens (tertiary/aromatic N) is 3. The molecule has 20 heteroatoms. The molecule has 2 heterocycles. The number of esters is 2. The van der Waals surface area contributed by atoms with Gasteiger partial charge in [0.1, 0.15) is 24.7 Å². The molecule has 2 rings (SSSR count). The molecule has 3 amide bonds. The third kappa shape index (κ3) is 7.82. The smallest absolute Gasteiger partial charge is 1.00 e. The second kappa shape index (κ2) is 13.8. The van der Waals surface area contributed by atoms with Gasteiger partial charge in [-0.1, -0.05) is 5.16 Å². The number of nitrogens with one attached hydrogen (secondary N) is 2. The fourth-order valence-corrected chi connectivity index (χ4v) is 4.22. The van der Waals surface area contributed by atoms with Crippen LogP contribution in [0.2, 0.25) is 0 Å². The van der Waals surface area contributed by atoms with E-state index in [2.05, 4.69) is 35.1 Å². The Kier molecular flexibility index (Phi) is 12.2. The van der Waals surface area contributed by atoms with Gasteiger partial charge in [0.2, 0.25) is 5.91 Å². The summed E-state index contributed by atoms with van der Waals surface area (Å²) in [5.74, 6) is -5.81. The van der Waals surface area contributed by atoms with Crippen molar-refractivity contribution >= 4 is 73.7 Å². The molecule has 1 aliphatic rings. The number of β-lactam (4-membered cyclic amide) rings is 1. The fourth-order valence-electron chi connectivity index (χ4n) is 2.61. The molecule has 1 fully saturated rings. The Morgan fingerprint density at radius 1 is 1.33 bits per heavy atom. The van der Waals surface area contributed by atoms with Crippen molar-refractivity contribution in [1.82, 2.24) is 14.6 Å². The van der Waals surface area contributed by atoms with Gasteiger partial charge in [-0.15, -0.1) is 22.9 Å². The van der Waals surface area contributed by atoms with Crippen LogP contribution in [-0.2, 0) is 48.6 Å². The van der Waals surface area contributed by atoms with Crippen LogP contribution in [0.3, 0.4) is 0 Å². The molecule has 16 nitrogen and oxygen atoms in total. The predicted octanol–water partition coefficient (Wildman–Crippen LogP) is -4.61. The Labute approximate surface area is 236 Å². The Balaban J connectivity index is 0.00000648. The summed E-state index contributed by atoms with van der Waals surface area (Å²) in [5, 5.41) is 9.29. The van der Waals surface area contributed by atoms with Crippen LogP contribution in [0, 0.1) is 0 Å². The molecule has 0 radical (unpaired) electrons. The van der Waals surface area contributed by atoms with E-state index in [9.17, 15) is 36.9 Å². The summed E-state index contributed by atoms with van der Waals surface area (Å²) in [7, 11) is -4.12. The number of amides is 3. The van der Waals surface area contributed by atoms with Gasteiger partial charge < -0.3 is 26.4 Å². The van der Waals surface area contributed by atoms with Gasteiger partial charge >= 0.3 is 51.8 Å². The van der Waals surface area contributed by atoms with Crippen molar-refractivity contribution in [3.8, 4) is 0 Å². The maximum atomic E-state index is 12.8. The van der Waals surface area contributed by atoms with Crippen LogP contribution < -0.4 is 40.2 Å². The molecule has 2 atom stereocenters. The second-order valence-corrected chi connectivity index (χ2v) is 8.68. The molecule has 36 heavy (non-hydrogen) atoms. The molecule has 2 unspecified atom stereocenters. The van der Waals surface area contributed by atoms with E-state index in [0.717, 1.165) is 18.4 Å². The number of carbonyl (C=O) groups excluding carboxylic acids is 5. The maximum Gasteiger partial charge on any atom is 1.00 e. The fraction of sp³-hybridized carbons (Fsp3) is 0.438. The minimum absolute atomic E-state index is 0. The number of thiazole rings is 1. The molecular formula is C16H19ClN5NaO11S2. The van der Waals surface area contributed by atoms with Crippen molar-refractivity contribution in [2.75, 3.05) is 31.5 Å². The normalized spacial score (nSPS) is 17.3. The van der Waals surface area contributed by atoms with Gasteiger partial charge in [0.05, 0.1) is 6.61 Å². The topological polar surface area (TPSA) is 220 Å². The van der Waals surface area contributed by atoms with E-state index in [1.165, 1.54) is 12.3 Å². The van der Waals surface area contributed by atoms with Crippen LogP contribution >= 0.6 is 22.9 Å². The SMILES string of the molecule is CCOC(=O)COC(=O)C1C(NC(=O)/C(=N\OC)c2csc(NC(=O)CCl)n2)C(=O)N1S(=O)(=O)O.[H-].[Na+]. The summed E-state index contributed by atoms with van der Waals surface area (Å²) in [5.41, 5.74) is -0.620. The van der Waals surface area contributed by atoms with Gasteiger partial charge in [-0.05, 0) is 6.92 Å². The second-order valence-electron chi connectivity index (χ2n) is 6.26. The molecule has 0 aliphatic carbocycles. The zero-order valence-corrected chi connectivity index (χ0v) is 23.3. The zero-order chi connectivity index (χ0) is 26.3. The first-order valence-corrected chi connectivity index (χ1v) is 12.1. The molecule has 1 aliphatic heterocycles. The van der Waals surface area contributed by atoms with Crippen LogP contribution in [0.25, 0.3) is 0 Å². The van der Waals surface area contributed by atoms with Crippen molar-refractivity contribution in [3.05, 3.63) is 11.1 Å². The van der Waals surface area contributed by atoms with Gasteiger partial charge in [0, 0.05) is 5.38 Å². The van der Waals surface area contributed by atoms with E-state index >= 15 is 0 Å². The standard InChI is InChI=1S/C16H18ClN5O11S2.Na.H/c1-3-32-9(24)5-33-15(27)12-11(14(26)22(12)35(28,29)30)20-13(25)10(21-31-2)7-6-34-16(18-7)19-8(23)4-17;;/h6,11-12H,3-5H2,1-2H3,(H,20,25)(H,18,19,23)(H,28,29,30);;/q;+1;-1/b21-10-;;. The Bertz CT molecular complexity index is 1170. The van der Waals surface area contributed by atoms with Crippen LogP contribution in [0.15, 0.2) is 10.5 Å². The average molecular weight is 580 g/mol. The Morgan fingerprint density at radius 2 is 2.00 bits per heavy atom. The quantitative estimate of drug-likeness (QED) is 0.0429. The molecule has 1 saturated heterocycles. The summed E-state index contributed by atoms with van der Waals surface area (Å²) in [4.78, 5) is 68.8. The summed E-state index contributed by atoms with van der Waals surface area (Å²) < 4.78 is 41.3. The summed E-state index contributed by atoms with van der Waals surface area (Å²) >= 11 is 6.30. The van der Waals surface area contributed by atoms with Gasteiger partial charge in [-0.2, -0.15) is 12.7 Å². The van der Waals surface area contributed by atoms with Crippen LogP contribution in [0.1, 0.15) is 14.0 Å². The predicted molar refractivity (Wildman–Crippen MR) is 118 cm³/mol. The largest absolute Gasteiger partial charge is 1.00 e. The molecule has 0 bridgehead atoms. The number of aromatic nitrogens is 1. The number of halogens is 1. The third-order valence-corrected chi connectivity index (χ3v) is 5.88. The Hall–Kier alpha value is -2.35. The molecule has 3 N–H and O–H groups in total. The number of hydrogen-bond donors (Lipinski definition) is 3. The summed E-state index contributed by atoms with van der Waals surface area (Å²) in [6, 6.07) is -3.86. The molecule has 1 aromatic heterocycles. The molecule has 194 valence electrons. The van der Waals surface area contributed by atoms with Gasteiger partial charge in [0.25, 0.3) is 11.8 Å². The minimum atomic E-state index is -5.22. The van der Waals surface area contributed by atoms with E-state index < -0.39 is 64.4 Å². The molecule has 0 spiro atoms. The van der Waals surface area contributed by atoms with Gasteiger partial charge in [-0.25, -0.2) is 14.6 Å². The van der Waals surface area contributed by atoms with Crippen molar-refractivity contribution in [2.24, 2.45) is 5.16 Å². The molecule has 1 aromatic rings. The first-order chi connectivity index (χ1) is 16.4.